The van der Waals surface area contributed by atoms with Crippen LogP contribution in [-0.4, -0.2) is 16.8 Å². The summed E-state index contributed by atoms with van der Waals surface area (Å²) in [6.07, 6.45) is 0.926. The summed E-state index contributed by atoms with van der Waals surface area (Å²) < 4.78 is 0. The van der Waals surface area contributed by atoms with Gasteiger partial charge in [0.05, 0.1) is 0 Å². The highest BCUT2D eigenvalue weighted by Gasteiger charge is 2.14. The number of aliphatic hydroxyl groups excluding tert-OH is 1. The molecule has 0 atom stereocenters. The Bertz CT molecular complexity index is 733. The Morgan fingerprint density at radius 3 is 2.41 bits per heavy atom. The monoisotopic (exact) mass is 295 g/mol. The van der Waals surface area contributed by atoms with E-state index in [-0.39, 0.29) is 5.76 Å². The van der Waals surface area contributed by atoms with Crippen LogP contribution in [0.3, 0.4) is 0 Å². The minimum atomic E-state index is -0.803. The van der Waals surface area contributed by atoms with E-state index in [4.69, 9.17) is 0 Å². The molecule has 0 unspecified atom stereocenters. The molecule has 0 fully saturated rings. The van der Waals surface area contributed by atoms with Crippen LogP contribution in [0.4, 0.5) is 5.69 Å². The van der Waals surface area contributed by atoms with Gasteiger partial charge in [0.25, 0.3) is 5.91 Å². The predicted octanol–water partition coefficient (Wildman–Crippen LogP) is 3.41. The highest BCUT2D eigenvalue weighted by Crippen LogP contribution is 2.16. The first kappa shape index (κ1) is 15.5. The van der Waals surface area contributed by atoms with Gasteiger partial charge in [0.2, 0.25) is 5.78 Å². The van der Waals surface area contributed by atoms with Crippen LogP contribution >= 0.6 is 0 Å². The van der Waals surface area contributed by atoms with Gasteiger partial charge in [-0.1, -0.05) is 42.5 Å². The Balaban J connectivity index is 2.13. The number of anilines is 1. The van der Waals surface area contributed by atoms with Crippen molar-refractivity contribution in [3.05, 3.63) is 71.3 Å². The normalized spacial score (nSPS) is 11.1. The van der Waals surface area contributed by atoms with Crippen LogP contribution in [0, 0.1) is 13.8 Å². The van der Waals surface area contributed by atoms with Crippen molar-refractivity contribution in [1.82, 2.24) is 0 Å². The van der Waals surface area contributed by atoms with Gasteiger partial charge in [-0.25, -0.2) is 0 Å². The number of nitrogens with one attached hydrogen (secondary N) is 1. The molecule has 4 nitrogen and oxygen atoms in total. The van der Waals surface area contributed by atoms with Crippen LogP contribution < -0.4 is 5.32 Å². The first-order chi connectivity index (χ1) is 10.5. The topological polar surface area (TPSA) is 66.4 Å². The van der Waals surface area contributed by atoms with E-state index in [1.807, 2.05) is 26.0 Å². The Hall–Kier alpha value is -2.88. The van der Waals surface area contributed by atoms with E-state index < -0.39 is 11.7 Å². The minimum Gasteiger partial charge on any atom is -0.507 e. The minimum absolute atomic E-state index is 0.235. The van der Waals surface area contributed by atoms with Crippen LogP contribution in [0.15, 0.2) is 54.6 Å². The number of hydrogen-bond acceptors (Lipinski definition) is 3. The summed E-state index contributed by atoms with van der Waals surface area (Å²) in [5.41, 5.74) is 2.92. The summed E-state index contributed by atoms with van der Waals surface area (Å²) in [5.74, 6) is -1.82. The zero-order valence-corrected chi connectivity index (χ0v) is 12.5. The molecule has 22 heavy (non-hydrogen) atoms. The summed E-state index contributed by atoms with van der Waals surface area (Å²) in [4.78, 5) is 23.8. The van der Waals surface area contributed by atoms with Gasteiger partial charge in [-0.2, -0.15) is 0 Å². The smallest absolute Gasteiger partial charge is 0.296 e. The lowest BCUT2D eigenvalue weighted by atomic mass is 10.1. The number of aryl methyl sites for hydroxylation is 2. The second-order valence-electron chi connectivity index (χ2n) is 5.03. The number of aliphatic hydroxyl groups is 1. The fourth-order valence-corrected chi connectivity index (χ4v) is 1.94. The number of benzene rings is 2. The van der Waals surface area contributed by atoms with Crippen molar-refractivity contribution < 1.29 is 14.7 Å². The van der Waals surface area contributed by atoms with Gasteiger partial charge in [-0.3, -0.25) is 9.59 Å². The molecule has 0 heterocycles. The molecule has 0 radical (unpaired) electrons. The SMILES string of the molecule is Cc1ccc(C)c(NC(=O)C(=O)C=C(O)c2ccccc2)c1. The molecule has 0 aliphatic carbocycles. The summed E-state index contributed by atoms with van der Waals surface area (Å²) >= 11 is 0. The van der Waals surface area contributed by atoms with Crippen molar-refractivity contribution in [2.75, 3.05) is 5.32 Å². The molecule has 2 aromatic rings. The number of rotatable bonds is 4. The van der Waals surface area contributed by atoms with Gasteiger partial charge in [0.1, 0.15) is 5.76 Å². The molecule has 1 amide bonds. The van der Waals surface area contributed by atoms with E-state index in [2.05, 4.69) is 5.32 Å². The molecule has 0 aliphatic heterocycles. The molecule has 0 saturated heterocycles. The number of carbonyl (C=O) groups is 2. The Kier molecular flexibility index (Phi) is 4.73. The van der Waals surface area contributed by atoms with Gasteiger partial charge < -0.3 is 10.4 Å². The lowest BCUT2D eigenvalue weighted by Crippen LogP contribution is -2.21. The lowest BCUT2D eigenvalue weighted by Gasteiger charge is -2.08. The van der Waals surface area contributed by atoms with Gasteiger partial charge in [0, 0.05) is 17.3 Å². The van der Waals surface area contributed by atoms with E-state index in [1.54, 1.807) is 36.4 Å². The van der Waals surface area contributed by atoms with E-state index in [1.165, 1.54) is 0 Å². The van der Waals surface area contributed by atoms with Gasteiger partial charge in [-0.15, -0.1) is 0 Å². The molecule has 0 spiro atoms. The van der Waals surface area contributed by atoms with E-state index >= 15 is 0 Å². The highest BCUT2D eigenvalue weighted by atomic mass is 16.3. The number of hydrogen-bond donors (Lipinski definition) is 2. The lowest BCUT2D eigenvalue weighted by molar-refractivity contribution is -0.131. The third kappa shape index (κ3) is 3.82. The molecule has 0 aliphatic rings. The van der Waals surface area contributed by atoms with Crippen LogP contribution in [0.2, 0.25) is 0 Å². The molecule has 112 valence electrons. The van der Waals surface area contributed by atoms with E-state index in [9.17, 15) is 14.7 Å². The maximum Gasteiger partial charge on any atom is 0.296 e. The van der Waals surface area contributed by atoms with Crippen molar-refractivity contribution in [3.63, 3.8) is 0 Å². The summed E-state index contributed by atoms with van der Waals surface area (Å²) in [7, 11) is 0. The molecule has 0 saturated carbocycles. The molecule has 2 N–H and O–H groups in total. The highest BCUT2D eigenvalue weighted by molar-refractivity contribution is 6.45. The van der Waals surface area contributed by atoms with Gasteiger partial charge >= 0.3 is 0 Å². The average Bonchev–Trinajstić information content (AvgIpc) is 2.51. The zero-order valence-electron chi connectivity index (χ0n) is 12.5. The van der Waals surface area contributed by atoms with Crippen molar-refractivity contribution >= 4 is 23.1 Å². The van der Waals surface area contributed by atoms with E-state index in [0.29, 0.717) is 11.3 Å². The molecule has 2 aromatic carbocycles. The molecular weight excluding hydrogens is 278 g/mol. The van der Waals surface area contributed by atoms with Crippen LogP contribution in [0.1, 0.15) is 16.7 Å². The maximum atomic E-state index is 11.9. The van der Waals surface area contributed by atoms with Crippen molar-refractivity contribution in [2.45, 2.75) is 13.8 Å². The van der Waals surface area contributed by atoms with Crippen molar-refractivity contribution in [1.29, 1.82) is 0 Å². The quantitative estimate of drug-likeness (QED) is 0.516. The molecule has 0 bridgehead atoms. The third-order valence-corrected chi connectivity index (χ3v) is 3.20. The predicted molar refractivity (Wildman–Crippen MR) is 86.6 cm³/mol. The van der Waals surface area contributed by atoms with Crippen LogP contribution in [-0.2, 0) is 9.59 Å². The summed E-state index contributed by atoms with van der Waals surface area (Å²) in [5, 5.41) is 12.4. The first-order valence-electron chi connectivity index (χ1n) is 6.86. The Morgan fingerprint density at radius 2 is 1.73 bits per heavy atom. The fourth-order valence-electron chi connectivity index (χ4n) is 1.94. The van der Waals surface area contributed by atoms with Gasteiger partial charge in [0.15, 0.2) is 0 Å². The number of ketones is 1. The Labute approximate surface area is 129 Å². The maximum absolute atomic E-state index is 11.9. The van der Waals surface area contributed by atoms with Gasteiger partial charge in [-0.05, 0) is 31.0 Å². The largest absolute Gasteiger partial charge is 0.507 e. The number of amides is 1. The standard InChI is InChI=1S/C18H17NO3/c1-12-8-9-13(2)15(10-12)19-18(22)17(21)11-16(20)14-6-4-3-5-7-14/h3-11,20H,1-2H3,(H,19,22). The van der Waals surface area contributed by atoms with Crippen molar-refractivity contribution in [3.8, 4) is 0 Å². The summed E-state index contributed by atoms with van der Waals surface area (Å²) in [6, 6.07) is 14.2. The second-order valence-corrected chi connectivity index (χ2v) is 5.03. The molecular formula is C18H17NO3. The molecule has 4 heteroatoms. The molecule has 2 rings (SSSR count). The van der Waals surface area contributed by atoms with Crippen LogP contribution in [0.5, 0.6) is 0 Å². The van der Waals surface area contributed by atoms with E-state index in [0.717, 1.165) is 17.2 Å². The third-order valence-electron chi connectivity index (χ3n) is 3.20. The van der Waals surface area contributed by atoms with Crippen LogP contribution in [0.25, 0.3) is 5.76 Å². The average molecular weight is 295 g/mol. The summed E-state index contributed by atoms with van der Waals surface area (Å²) in [6.45, 7) is 3.74. The second kappa shape index (κ2) is 6.72. The van der Waals surface area contributed by atoms with Crippen molar-refractivity contribution in [2.24, 2.45) is 0 Å². The first-order valence-corrected chi connectivity index (χ1v) is 6.86. The molecule has 0 aromatic heterocycles. The number of carbonyl (C=O) groups excluding carboxylic acids is 2. The zero-order chi connectivity index (χ0) is 16.1. The fraction of sp³-hybridized carbons (Fsp3) is 0.111. The Morgan fingerprint density at radius 1 is 1.05 bits per heavy atom.